The highest BCUT2D eigenvalue weighted by Crippen LogP contribution is 2.61. The Kier molecular flexibility index (Phi) is 2.92. The third kappa shape index (κ3) is 1.65. The molecule has 0 amide bonds. The van der Waals surface area contributed by atoms with Gasteiger partial charge in [0.05, 0.1) is 12.5 Å². The Labute approximate surface area is 104 Å². The average molecular weight is 234 g/mol. The molecule has 2 aliphatic carbocycles. The summed E-state index contributed by atoms with van der Waals surface area (Å²) in [6.45, 7) is 11.0. The van der Waals surface area contributed by atoms with E-state index in [0.29, 0.717) is 18.4 Å². The average Bonchev–Trinajstić information content (AvgIpc) is 2.22. The van der Waals surface area contributed by atoms with Crippen molar-refractivity contribution in [3.63, 3.8) is 0 Å². The molecule has 0 aromatic rings. The summed E-state index contributed by atoms with van der Waals surface area (Å²) >= 11 is 0. The molecule has 0 heterocycles. The lowest BCUT2D eigenvalue weighted by molar-refractivity contribution is -0.167. The van der Waals surface area contributed by atoms with E-state index in [-0.39, 0.29) is 17.3 Å². The number of fused-ring (bicyclic) bond motifs is 1. The summed E-state index contributed by atoms with van der Waals surface area (Å²) in [4.78, 5) is 12.0. The fraction of sp³-hybridized carbons (Fsp3) is 0.667. The maximum Gasteiger partial charge on any atom is 0.309 e. The molecule has 0 bridgehead atoms. The number of esters is 1. The van der Waals surface area contributed by atoms with Gasteiger partial charge in [-0.05, 0) is 32.1 Å². The number of rotatable bonds is 2. The van der Waals surface area contributed by atoms with E-state index >= 15 is 0 Å². The Balaban J connectivity index is 2.27. The first-order valence-electron chi connectivity index (χ1n) is 6.46. The zero-order valence-electron chi connectivity index (χ0n) is 11.4. The maximum absolute atomic E-state index is 12.0. The third-order valence-electron chi connectivity index (χ3n) is 4.59. The molecule has 2 heteroatoms. The highest BCUT2D eigenvalue weighted by atomic mass is 16.5. The normalized spacial score (nSPS) is 39.7. The zero-order valence-corrected chi connectivity index (χ0v) is 11.4. The number of ether oxygens (including phenoxy) is 1. The van der Waals surface area contributed by atoms with Crippen molar-refractivity contribution in [3.8, 4) is 0 Å². The highest BCUT2D eigenvalue weighted by molar-refractivity contribution is 5.76. The van der Waals surface area contributed by atoms with Gasteiger partial charge in [0, 0.05) is 5.92 Å². The molecule has 1 saturated carbocycles. The van der Waals surface area contributed by atoms with Crippen LogP contribution in [0.1, 0.15) is 34.6 Å². The van der Waals surface area contributed by atoms with Gasteiger partial charge in [0.1, 0.15) is 0 Å². The fourth-order valence-corrected chi connectivity index (χ4v) is 3.78. The zero-order chi connectivity index (χ0) is 12.8. The Hall–Kier alpha value is -1.05. The van der Waals surface area contributed by atoms with Crippen LogP contribution in [0.4, 0.5) is 0 Å². The lowest BCUT2D eigenvalue weighted by Crippen LogP contribution is -2.57. The van der Waals surface area contributed by atoms with Crippen molar-refractivity contribution in [3.05, 3.63) is 23.3 Å². The molecule has 0 unspecified atom stereocenters. The summed E-state index contributed by atoms with van der Waals surface area (Å²) in [5, 5.41) is 0. The lowest BCUT2D eigenvalue weighted by atomic mass is 9.44. The molecular formula is C15H22O2. The van der Waals surface area contributed by atoms with E-state index in [9.17, 15) is 4.79 Å². The molecule has 94 valence electrons. The van der Waals surface area contributed by atoms with Gasteiger partial charge in [-0.15, -0.1) is 0 Å². The summed E-state index contributed by atoms with van der Waals surface area (Å²) in [5.41, 5.74) is 2.78. The van der Waals surface area contributed by atoms with Crippen LogP contribution in [0.25, 0.3) is 0 Å². The standard InChI is InChI=1S/C15H22O2/c1-6-17-14(16)12-11(4)15(5)8-9(2)7-10(3)13(12)15/h7-8,11-13H,6H2,1-5H3/t11-,12-,13+,15-/m0/s1. The Morgan fingerprint density at radius 2 is 2.12 bits per heavy atom. The second-order valence-electron chi connectivity index (χ2n) is 5.69. The molecule has 0 aromatic carbocycles. The van der Waals surface area contributed by atoms with E-state index in [1.54, 1.807) is 0 Å². The van der Waals surface area contributed by atoms with Gasteiger partial charge in [-0.25, -0.2) is 0 Å². The predicted octanol–water partition coefficient (Wildman–Crippen LogP) is 3.34. The van der Waals surface area contributed by atoms with Gasteiger partial charge >= 0.3 is 5.97 Å². The first-order chi connectivity index (χ1) is 7.91. The van der Waals surface area contributed by atoms with Crippen molar-refractivity contribution in [1.29, 1.82) is 0 Å². The van der Waals surface area contributed by atoms with Crippen molar-refractivity contribution >= 4 is 5.97 Å². The smallest absolute Gasteiger partial charge is 0.309 e. The molecule has 2 nitrogen and oxygen atoms in total. The SMILES string of the molecule is CCOC(=O)[C@@H]1[C@H]2C(C)=CC(C)=C[C@@]2(C)[C@H]1C. The summed E-state index contributed by atoms with van der Waals surface area (Å²) in [6, 6.07) is 0. The van der Waals surface area contributed by atoms with E-state index in [1.165, 1.54) is 11.1 Å². The molecular weight excluding hydrogens is 212 g/mol. The van der Waals surface area contributed by atoms with Crippen LogP contribution in [0.2, 0.25) is 0 Å². The van der Waals surface area contributed by atoms with Crippen LogP contribution in [0.5, 0.6) is 0 Å². The van der Waals surface area contributed by atoms with Crippen LogP contribution in [0.15, 0.2) is 23.3 Å². The summed E-state index contributed by atoms with van der Waals surface area (Å²) in [5.74, 6) is 0.717. The molecule has 0 N–H and O–H groups in total. The number of carbonyl (C=O) groups is 1. The van der Waals surface area contributed by atoms with Gasteiger partial charge in [0.15, 0.2) is 0 Å². The van der Waals surface area contributed by atoms with Gasteiger partial charge in [0.2, 0.25) is 0 Å². The van der Waals surface area contributed by atoms with Crippen LogP contribution in [0, 0.1) is 23.2 Å². The largest absolute Gasteiger partial charge is 0.466 e. The molecule has 0 aromatic heterocycles. The van der Waals surface area contributed by atoms with Crippen LogP contribution in [-0.2, 0) is 9.53 Å². The Bertz CT molecular complexity index is 405. The van der Waals surface area contributed by atoms with Crippen molar-refractivity contribution in [1.82, 2.24) is 0 Å². The van der Waals surface area contributed by atoms with Gasteiger partial charge in [-0.2, -0.15) is 0 Å². The van der Waals surface area contributed by atoms with Crippen LogP contribution >= 0.6 is 0 Å². The van der Waals surface area contributed by atoms with Gasteiger partial charge in [-0.1, -0.05) is 37.1 Å². The van der Waals surface area contributed by atoms with Crippen LogP contribution < -0.4 is 0 Å². The summed E-state index contributed by atoms with van der Waals surface area (Å²) < 4.78 is 5.20. The van der Waals surface area contributed by atoms with Crippen LogP contribution in [-0.4, -0.2) is 12.6 Å². The first-order valence-corrected chi connectivity index (χ1v) is 6.46. The second-order valence-corrected chi connectivity index (χ2v) is 5.69. The van der Waals surface area contributed by atoms with Gasteiger partial charge in [-0.3, -0.25) is 4.79 Å². The molecule has 4 atom stereocenters. The number of allylic oxidation sites excluding steroid dienone is 4. The van der Waals surface area contributed by atoms with E-state index < -0.39 is 0 Å². The third-order valence-corrected chi connectivity index (χ3v) is 4.59. The molecule has 17 heavy (non-hydrogen) atoms. The van der Waals surface area contributed by atoms with Crippen molar-refractivity contribution in [2.75, 3.05) is 6.61 Å². The van der Waals surface area contributed by atoms with E-state index in [2.05, 4.69) is 39.8 Å². The molecule has 0 aliphatic heterocycles. The van der Waals surface area contributed by atoms with Crippen molar-refractivity contribution < 1.29 is 9.53 Å². The second kappa shape index (κ2) is 4.01. The Morgan fingerprint density at radius 1 is 1.47 bits per heavy atom. The van der Waals surface area contributed by atoms with Gasteiger partial charge in [0.25, 0.3) is 0 Å². The molecule has 2 rings (SSSR count). The van der Waals surface area contributed by atoms with E-state index in [1.807, 2.05) is 6.92 Å². The lowest BCUT2D eigenvalue weighted by Gasteiger charge is -2.58. The molecule has 0 spiro atoms. The summed E-state index contributed by atoms with van der Waals surface area (Å²) in [6.07, 6.45) is 4.52. The van der Waals surface area contributed by atoms with Crippen molar-refractivity contribution in [2.45, 2.75) is 34.6 Å². The minimum atomic E-state index is -0.0248. The van der Waals surface area contributed by atoms with Crippen LogP contribution in [0.3, 0.4) is 0 Å². The molecule has 2 aliphatic rings. The predicted molar refractivity (Wildman–Crippen MR) is 68.4 cm³/mol. The topological polar surface area (TPSA) is 26.3 Å². The van der Waals surface area contributed by atoms with Gasteiger partial charge < -0.3 is 4.74 Å². The fourth-order valence-electron chi connectivity index (χ4n) is 3.78. The Morgan fingerprint density at radius 3 is 2.71 bits per heavy atom. The summed E-state index contributed by atoms with van der Waals surface area (Å²) in [7, 11) is 0. The number of hydrogen-bond donors (Lipinski definition) is 0. The first kappa shape index (κ1) is 12.4. The molecule has 0 radical (unpaired) electrons. The number of carbonyl (C=O) groups excluding carboxylic acids is 1. The minimum absolute atomic E-state index is 0.0248. The minimum Gasteiger partial charge on any atom is -0.466 e. The molecule has 1 fully saturated rings. The monoisotopic (exact) mass is 234 g/mol. The van der Waals surface area contributed by atoms with E-state index in [0.717, 1.165) is 0 Å². The quantitative estimate of drug-likeness (QED) is 0.685. The van der Waals surface area contributed by atoms with Crippen molar-refractivity contribution in [2.24, 2.45) is 23.2 Å². The number of hydrogen-bond acceptors (Lipinski definition) is 2. The maximum atomic E-state index is 12.0. The van der Waals surface area contributed by atoms with E-state index in [4.69, 9.17) is 4.74 Å². The highest BCUT2D eigenvalue weighted by Gasteiger charge is 2.60. The molecule has 0 saturated heterocycles.